The number of hydrogen-bond acceptors (Lipinski definition) is 4. The van der Waals surface area contributed by atoms with Crippen LogP contribution < -0.4 is 20.1 Å². The average Bonchev–Trinajstić information content (AvgIpc) is 3.11. The number of amides is 2. The van der Waals surface area contributed by atoms with Gasteiger partial charge in [-0.05, 0) is 121 Å². The van der Waals surface area contributed by atoms with Gasteiger partial charge in [0.2, 0.25) is 0 Å². The number of benzene rings is 6. The molecule has 0 aliphatic heterocycles. The third kappa shape index (κ3) is 7.88. The summed E-state index contributed by atoms with van der Waals surface area (Å²) >= 11 is 0. The molecule has 0 radical (unpaired) electrons. The van der Waals surface area contributed by atoms with E-state index in [9.17, 15) is 9.59 Å². The topological polar surface area (TPSA) is 76.7 Å². The van der Waals surface area contributed by atoms with Crippen molar-refractivity contribution in [3.8, 4) is 23.0 Å². The van der Waals surface area contributed by atoms with Crippen LogP contribution in [0.15, 0.2) is 146 Å². The molecule has 2 N–H and O–H groups in total. The number of aryl methyl sites for hydroxylation is 2. The van der Waals surface area contributed by atoms with Gasteiger partial charge >= 0.3 is 0 Å². The Morgan fingerprint density at radius 2 is 0.755 bits per heavy atom. The Bertz CT molecular complexity index is 1920. The van der Waals surface area contributed by atoms with Gasteiger partial charge in [0.1, 0.15) is 23.0 Å². The van der Waals surface area contributed by atoms with Crippen LogP contribution in [0.1, 0.15) is 56.8 Å². The van der Waals surface area contributed by atoms with E-state index in [1.807, 2.05) is 135 Å². The average molecular weight is 647 g/mol. The van der Waals surface area contributed by atoms with Crippen molar-refractivity contribution in [3.63, 3.8) is 0 Å². The minimum atomic E-state index is -0.259. The van der Waals surface area contributed by atoms with Crippen molar-refractivity contribution in [2.75, 3.05) is 10.6 Å². The van der Waals surface area contributed by atoms with Crippen molar-refractivity contribution < 1.29 is 19.1 Å². The molecule has 0 spiro atoms. The lowest BCUT2D eigenvalue weighted by Crippen LogP contribution is -2.18. The second-order valence-corrected chi connectivity index (χ2v) is 12.5. The number of hydrogen-bond donors (Lipinski definition) is 2. The number of ether oxygens (including phenoxy) is 2. The summed E-state index contributed by atoms with van der Waals surface area (Å²) in [6.07, 6.45) is 0. The van der Waals surface area contributed by atoms with Crippen molar-refractivity contribution >= 4 is 23.2 Å². The Balaban J connectivity index is 1.03. The third-order valence-electron chi connectivity index (χ3n) is 8.63. The minimum absolute atomic E-state index is 0.139. The lowest BCUT2D eigenvalue weighted by Gasteiger charge is -2.26. The molecule has 2 amide bonds. The standard InChI is InChI=1S/C43H38N2O4/c1-29-9-5-7-11-39(29)41(46)44-33-17-25-37(26-18-33)48-35-21-13-31(14-22-35)43(3,4)32-15-23-36(24-16-32)49-38-27-19-34(20-28-38)45-42(47)40-12-8-6-10-30(40)2/h5-28H,1-4H3,(H,44,46)(H,45,47). The largest absolute Gasteiger partial charge is 0.457 e. The van der Waals surface area contributed by atoms with Crippen LogP contribution in [-0.2, 0) is 5.41 Å². The van der Waals surface area contributed by atoms with Gasteiger partial charge in [-0.25, -0.2) is 0 Å². The number of nitrogens with one attached hydrogen (secondary N) is 2. The van der Waals surface area contributed by atoms with Gasteiger partial charge in [-0.2, -0.15) is 0 Å². The first-order chi connectivity index (χ1) is 23.7. The summed E-state index contributed by atoms with van der Waals surface area (Å²) in [5, 5.41) is 5.89. The molecule has 0 atom stereocenters. The number of carbonyl (C=O) groups excluding carboxylic acids is 2. The predicted molar refractivity (Wildman–Crippen MR) is 196 cm³/mol. The van der Waals surface area contributed by atoms with E-state index < -0.39 is 0 Å². The van der Waals surface area contributed by atoms with Gasteiger partial charge in [-0.1, -0.05) is 74.5 Å². The molecular formula is C43H38N2O4. The maximum Gasteiger partial charge on any atom is 0.255 e. The van der Waals surface area contributed by atoms with Crippen LogP contribution in [0.25, 0.3) is 0 Å². The number of anilines is 2. The Labute approximate surface area is 287 Å². The van der Waals surface area contributed by atoms with Crippen LogP contribution in [0.2, 0.25) is 0 Å². The molecule has 6 heteroatoms. The number of rotatable bonds is 10. The Hall–Kier alpha value is -6.14. The molecule has 6 aromatic carbocycles. The molecule has 0 aromatic heterocycles. The van der Waals surface area contributed by atoms with Crippen LogP contribution in [0.5, 0.6) is 23.0 Å². The van der Waals surface area contributed by atoms with Gasteiger partial charge in [0.15, 0.2) is 0 Å². The van der Waals surface area contributed by atoms with Gasteiger partial charge < -0.3 is 20.1 Å². The molecule has 0 aliphatic rings. The van der Waals surface area contributed by atoms with Gasteiger partial charge in [-0.3, -0.25) is 9.59 Å². The van der Waals surface area contributed by atoms with E-state index in [1.165, 1.54) is 0 Å². The first-order valence-corrected chi connectivity index (χ1v) is 16.2. The van der Waals surface area contributed by atoms with E-state index in [4.69, 9.17) is 9.47 Å². The molecule has 6 aromatic rings. The van der Waals surface area contributed by atoms with E-state index in [1.54, 1.807) is 0 Å². The number of carbonyl (C=O) groups is 2. The summed E-state index contributed by atoms with van der Waals surface area (Å²) in [5.74, 6) is 2.53. The van der Waals surface area contributed by atoms with Gasteiger partial charge in [0, 0.05) is 27.9 Å². The molecule has 244 valence electrons. The molecule has 0 saturated carbocycles. The molecular weight excluding hydrogens is 608 g/mol. The quantitative estimate of drug-likeness (QED) is 0.155. The van der Waals surface area contributed by atoms with Crippen LogP contribution in [0.3, 0.4) is 0 Å². The molecule has 49 heavy (non-hydrogen) atoms. The van der Waals surface area contributed by atoms with Crippen LogP contribution in [0, 0.1) is 13.8 Å². The van der Waals surface area contributed by atoms with Gasteiger partial charge in [-0.15, -0.1) is 0 Å². The molecule has 6 nitrogen and oxygen atoms in total. The van der Waals surface area contributed by atoms with Crippen molar-refractivity contribution in [2.45, 2.75) is 33.1 Å². The Kier molecular flexibility index (Phi) is 9.58. The fourth-order valence-corrected chi connectivity index (χ4v) is 5.58. The molecule has 0 unspecified atom stereocenters. The molecule has 0 fully saturated rings. The highest BCUT2D eigenvalue weighted by atomic mass is 16.5. The van der Waals surface area contributed by atoms with E-state index in [-0.39, 0.29) is 17.2 Å². The van der Waals surface area contributed by atoms with E-state index in [0.29, 0.717) is 34.0 Å². The Morgan fingerprint density at radius 1 is 0.449 bits per heavy atom. The van der Waals surface area contributed by atoms with Crippen molar-refractivity contribution in [1.82, 2.24) is 0 Å². The van der Waals surface area contributed by atoms with Crippen molar-refractivity contribution in [1.29, 1.82) is 0 Å². The minimum Gasteiger partial charge on any atom is -0.457 e. The molecule has 0 saturated heterocycles. The normalized spacial score (nSPS) is 11.0. The van der Waals surface area contributed by atoms with Crippen molar-refractivity contribution in [3.05, 3.63) is 179 Å². The highest BCUT2D eigenvalue weighted by molar-refractivity contribution is 6.05. The first kappa shape index (κ1) is 32.8. The highest BCUT2D eigenvalue weighted by Gasteiger charge is 2.23. The van der Waals surface area contributed by atoms with E-state index in [0.717, 1.165) is 33.8 Å². The highest BCUT2D eigenvalue weighted by Crippen LogP contribution is 2.35. The monoisotopic (exact) mass is 646 g/mol. The fraction of sp³-hybridized carbons (Fsp3) is 0.116. The summed E-state index contributed by atoms with van der Waals surface area (Å²) in [4.78, 5) is 25.3. The van der Waals surface area contributed by atoms with Crippen LogP contribution >= 0.6 is 0 Å². The Morgan fingerprint density at radius 3 is 1.08 bits per heavy atom. The predicted octanol–water partition coefficient (Wildman–Crippen LogP) is 10.7. The smallest absolute Gasteiger partial charge is 0.255 e. The van der Waals surface area contributed by atoms with Crippen molar-refractivity contribution in [2.24, 2.45) is 0 Å². The zero-order chi connectivity index (χ0) is 34.4. The summed E-state index contributed by atoms with van der Waals surface area (Å²) in [6.45, 7) is 8.22. The molecule has 6 rings (SSSR count). The fourth-order valence-electron chi connectivity index (χ4n) is 5.58. The summed E-state index contributed by atoms with van der Waals surface area (Å²) in [5.41, 5.74) is 6.60. The van der Waals surface area contributed by atoms with Crippen LogP contribution in [-0.4, -0.2) is 11.8 Å². The third-order valence-corrected chi connectivity index (χ3v) is 8.63. The second-order valence-electron chi connectivity index (χ2n) is 12.5. The molecule has 0 heterocycles. The van der Waals surface area contributed by atoms with Gasteiger partial charge in [0.25, 0.3) is 11.8 Å². The maximum atomic E-state index is 12.6. The zero-order valence-electron chi connectivity index (χ0n) is 28.0. The van der Waals surface area contributed by atoms with E-state index in [2.05, 4.69) is 48.7 Å². The maximum absolute atomic E-state index is 12.6. The summed E-state index contributed by atoms with van der Waals surface area (Å²) in [7, 11) is 0. The summed E-state index contributed by atoms with van der Waals surface area (Å²) < 4.78 is 12.2. The second kappa shape index (κ2) is 14.3. The lowest BCUT2D eigenvalue weighted by atomic mass is 9.78. The van der Waals surface area contributed by atoms with Crippen LogP contribution in [0.4, 0.5) is 11.4 Å². The zero-order valence-corrected chi connectivity index (χ0v) is 28.0. The summed E-state index contributed by atoms with van der Waals surface area (Å²) in [6, 6.07) is 45.9. The van der Waals surface area contributed by atoms with Gasteiger partial charge in [0.05, 0.1) is 0 Å². The molecule has 0 bridgehead atoms. The van der Waals surface area contributed by atoms with E-state index >= 15 is 0 Å². The molecule has 0 aliphatic carbocycles. The first-order valence-electron chi connectivity index (χ1n) is 16.2. The SMILES string of the molecule is Cc1ccccc1C(=O)Nc1ccc(Oc2ccc(C(C)(C)c3ccc(Oc4ccc(NC(=O)c5ccccc5C)cc4)cc3)cc2)cc1. The lowest BCUT2D eigenvalue weighted by molar-refractivity contribution is 0.101.